The van der Waals surface area contributed by atoms with Crippen LogP contribution in [0.3, 0.4) is 0 Å². The Bertz CT molecular complexity index is 466. The molecule has 1 aromatic rings. The molecular weight excluding hydrogens is 269 g/mol. The lowest BCUT2D eigenvalue weighted by Gasteiger charge is -2.18. The van der Waals surface area contributed by atoms with Gasteiger partial charge >= 0.3 is 6.18 Å². The molecule has 0 aliphatic carbocycles. The Balaban J connectivity index is 2.98. The molecule has 0 fully saturated rings. The predicted molar refractivity (Wildman–Crippen MR) is 63.4 cm³/mol. The number of hydrogen-bond acceptors (Lipinski definition) is 2. The number of carbonyl (C=O) groups is 1. The van der Waals surface area contributed by atoms with Gasteiger partial charge in [-0.15, -0.1) is 0 Å². The van der Waals surface area contributed by atoms with E-state index in [9.17, 15) is 18.0 Å². The van der Waals surface area contributed by atoms with Crippen LogP contribution < -0.4 is 11.1 Å². The summed E-state index contributed by atoms with van der Waals surface area (Å²) in [6, 6.07) is 2.68. The maximum absolute atomic E-state index is 12.4. The fourth-order valence-electron chi connectivity index (χ4n) is 1.08. The molecule has 3 N–H and O–H groups in total. The zero-order chi connectivity index (χ0) is 14.1. The quantitative estimate of drug-likeness (QED) is 0.875. The highest BCUT2D eigenvalue weighted by molar-refractivity contribution is 6.33. The minimum atomic E-state index is -4.47. The number of halogens is 4. The predicted octanol–water partition coefficient (Wildman–Crippen LogP) is 3.03. The van der Waals surface area contributed by atoms with E-state index in [1.807, 2.05) is 0 Å². The van der Waals surface area contributed by atoms with Crippen molar-refractivity contribution < 1.29 is 18.0 Å². The molecule has 0 radical (unpaired) electrons. The van der Waals surface area contributed by atoms with Crippen LogP contribution in [-0.2, 0) is 11.0 Å². The second-order valence-electron chi connectivity index (χ2n) is 4.37. The number of alkyl halides is 3. The van der Waals surface area contributed by atoms with Crippen molar-refractivity contribution in [3.8, 4) is 0 Å². The van der Waals surface area contributed by atoms with Crippen molar-refractivity contribution in [3.05, 3.63) is 28.8 Å². The molecule has 1 rings (SSSR count). The molecule has 0 bridgehead atoms. The summed E-state index contributed by atoms with van der Waals surface area (Å²) in [6.07, 6.45) is -4.47. The Hall–Kier alpha value is -1.27. The van der Waals surface area contributed by atoms with E-state index >= 15 is 0 Å². The highest BCUT2D eigenvalue weighted by Gasteiger charge is 2.31. The topological polar surface area (TPSA) is 55.1 Å². The minimum Gasteiger partial charge on any atom is -0.323 e. The van der Waals surface area contributed by atoms with Crippen molar-refractivity contribution in [2.75, 3.05) is 5.32 Å². The molecule has 0 unspecified atom stereocenters. The zero-order valence-corrected chi connectivity index (χ0v) is 10.5. The van der Waals surface area contributed by atoms with Crippen molar-refractivity contribution in [3.63, 3.8) is 0 Å². The standard InChI is InChI=1S/C11H12ClF3N2O/c1-10(2,16)9(18)17-8-4-3-6(5-7(8)12)11(13,14)15/h3-5H,16H2,1-2H3,(H,17,18). The third-order valence-corrected chi connectivity index (χ3v) is 2.44. The number of hydrogen-bond donors (Lipinski definition) is 2. The summed E-state index contributed by atoms with van der Waals surface area (Å²) in [5.41, 5.74) is 3.61. The molecule has 0 saturated carbocycles. The monoisotopic (exact) mass is 280 g/mol. The molecule has 3 nitrogen and oxygen atoms in total. The number of benzene rings is 1. The van der Waals surface area contributed by atoms with Crippen LogP contribution in [0.5, 0.6) is 0 Å². The second kappa shape index (κ2) is 4.78. The highest BCUT2D eigenvalue weighted by atomic mass is 35.5. The van der Waals surface area contributed by atoms with Crippen LogP contribution in [0, 0.1) is 0 Å². The Kier molecular flexibility index (Phi) is 3.92. The van der Waals surface area contributed by atoms with Crippen molar-refractivity contribution in [2.45, 2.75) is 25.6 Å². The summed E-state index contributed by atoms with van der Waals surface area (Å²) in [5, 5.41) is 2.17. The number of anilines is 1. The van der Waals surface area contributed by atoms with Gasteiger partial charge in [0.15, 0.2) is 0 Å². The van der Waals surface area contributed by atoms with E-state index in [-0.39, 0.29) is 10.7 Å². The molecular formula is C11H12ClF3N2O. The first-order valence-electron chi connectivity index (χ1n) is 4.99. The molecule has 0 aliphatic heterocycles. The van der Waals surface area contributed by atoms with E-state index in [2.05, 4.69) is 5.32 Å². The molecule has 100 valence electrons. The van der Waals surface area contributed by atoms with E-state index in [1.54, 1.807) is 0 Å². The van der Waals surface area contributed by atoms with Crippen LogP contribution in [-0.4, -0.2) is 11.4 Å². The molecule has 0 aliphatic rings. The summed E-state index contributed by atoms with van der Waals surface area (Å²) in [5.74, 6) is -0.538. The number of carbonyl (C=O) groups excluding carboxylic acids is 1. The summed E-state index contributed by atoms with van der Waals surface area (Å²) < 4.78 is 37.2. The van der Waals surface area contributed by atoms with Gasteiger partial charge in [0.2, 0.25) is 5.91 Å². The van der Waals surface area contributed by atoms with Gasteiger partial charge in [0, 0.05) is 0 Å². The van der Waals surface area contributed by atoms with Gasteiger partial charge in [0.25, 0.3) is 0 Å². The summed E-state index contributed by atoms with van der Waals surface area (Å²) in [7, 11) is 0. The third kappa shape index (κ3) is 3.61. The average molecular weight is 281 g/mol. The molecule has 0 spiro atoms. The fraction of sp³-hybridized carbons (Fsp3) is 0.364. The molecule has 7 heteroatoms. The van der Waals surface area contributed by atoms with Crippen molar-refractivity contribution in [2.24, 2.45) is 5.73 Å². The molecule has 0 aromatic heterocycles. The molecule has 0 saturated heterocycles. The maximum Gasteiger partial charge on any atom is 0.416 e. The van der Waals surface area contributed by atoms with Crippen molar-refractivity contribution in [1.29, 1.82) is 0 Å². The van der Waals surface area contributed by atoms with Crippen LogP contribution in [0.1, 0.15) is 19.4 Å². The number of rotatable bonds is 2. The summed E-state index contributed by atoms with van der Waals surface area (Å²) in [4.78, 5) is 11.6. The van der Waals surface area contributed by atoms with Crippen LogP contribution in [0.4, 0.5) is 18.9 Å². The second-order valence-corrected chi connectivity index (χ2v) is 4.78. The first-order chi connectivity index (χ1) is 8.01. The van der Waals surface area contributed by atoms with Crippen LogP contribution in [0.2, 0.25) is 5.02 Å². The largest absolute Gasteiger partial charge is 0.416 e. The van der Waals surface area contributed by atoms with Crippen molar-refractivity contribution in [1.82, 2.24) is 0 Å². The first kappa shape index (κ1) is 14.8. The Morgan fingerprint density at radius 2 is 1.89 bits per heavy atom. The molecule has 0 heterocycles. The van der Waals surface area contributed by atoms with E-state index in [0.717, 1.165) is 18.2 Å². The lowest BCUT2D eigenvalue weighted by molar-refractivity contribution is -0.137. The third-order valence-electron chi connectivity index (χ3n) is 2.13. The Morgan fingerprint density at radius 3 is 2.28 bits per heavy atom. The van der Waals surface area contributed by atoms with Crippen LogP contribution in [0.15, 0.2) is 18.2 Å². The lowest BCUT2D eigenvalue weighted by atomic mass is 10.1. The summed E-state index contributed by atoms with van der Waals surface area (Å²) >= 11 is 5.67. The van der Waals surface area contributed by atoms with E-state index in [0.29, 0.717) is 0 Å². The van der Waals surface area contributed by atoms with Gasteiger partial charge in [-0.25, -0.2) is 0 Å². The maximum atomic E-state index is 12.4. The lowest BCUT2D eigenvalue weighted by Crippen LogP contribution is -2.45. The van der Waals surface area contributed by atoms with Gasteiger partial charge < -0.3 is 11.1 Å². The van der Waals surface area contributed by atoms with Gasteiger partial charge in [0.05, 0.1) is 21.8 Å². The van der Waals surface area contributed by atoms with E-state index in [4.69, 9.17) is 17.3 Å². The van der Waals surface area contributed by atoms with Crippen molar-refractivity contribution >= 4 is 23.2 Å². The smallest absolute Gasteiger partial charge is 0.323 e. The summed E-state index contributed by atoms with van der Waals surface area (Å²) in [6.45, 7) is 2.95. The fourth-order valence-corrected chi connectivity index (χ4v) is 1.30. The van der Waals surface area contributed by atoms with E-state index < -0.39 is 23.2 Å². The van der Waals surface area contributed by atoms with Crippen LogP contribution in [0.25, 0.3) is 0 Å². The number of nitrogens with two attached hydrogens (primary N) is 1. The minimum absolute atomic E-state index is 0.0909. The molecule has 18 heavy (non-hydrogen) atoms. The van der Waals surface area contributed by atoms with Gasteiger partial charge in [-0.3, -0.25) is 4.79 Å². The molecule has 1 aromatic carbocycles. The van der Waals surface area contributed by atoms with Gasteiger partial charge in [-0.05, 0) is 32.0 Å². The van der Waals surface area contributed by atoms with Gasteiger partial charge in [-0.2, -0.15) is 13.2 Å². The zero-order valence-electron chi connectivity index (χ0n) is 9.73. The van der Waals surface area contributed by atoms with Crippen LogP contribution >= 0.6 is 11.6 Å². The average Bonchev–Trinajstić information content (AvgIpc) is 2.17. The SMILES string of the molecule is CC(C)(N)C(=O)Nc1ccc(C(F)(F)F)cc1Cl. The normalized spacial score (nSPS) is 12.4. The van der Waals surface area contributed by atoms with Gasteiger partial charge in [0.1, 0.15) is 0 Å². The molecule has 0 atom stereocenters. The van der Waals surface area contributed by atoms with Gasteiger partial charge in [-0.1, -0.05) is 11.6 Å². The Labute approximate surface area is 107 Å². The highest BCUT2D eigenvalue weighted by Crippen LogP contribution is 2.33. The Morgan fingerprint density at radius 1 is 1.33 bits per heavy atom. The number of amides is 1. The first-order valence-corrected chi connectivity index (χ1v) is 5.36. The molecule has 1 amide bonds. The van der Waals surface area contributed by atoms with E-state index in [1.165, 1.54) is 13.8 Å². The number of nitrogens with one attached hydrogen (secondary N) is 1.